The first-order valence-electron chi connectivity index (χ1n) is 10.2. The monoisotopic (exact) mass is 368 g/mol. The lowest BCUT2D eigenvalue weighted by atomic mass is 9.77. The topological polar surface area (TPSA) is 64.5 Å². The van der Waals surface area contributed by atoms with Gasteiger partial charge in [0.05, 0.1) is 0 Å². The van der Waals surface area contributed by atoms with E-state index in [1.807, 2.05) is 6.07 Å². The zero-order valence-corrected chi connectivity index (χ0v) is 16.1. The van der Waals surface area contributed by atoms with E-state index in [9.17, 15) is 10.2 Å². The second-order valence-electron chi connectivity index (χ2n) is 7.51. The van der Waals surface area contributed by atoms with Gasteiger partial charge in [-0.05, 0) is 62.5 Å². The van der Waals surface area contributed by atoms with Crippen molar-refractivity contribution < 1.29 is 10.2 Å². The number of rotatable bonds is 12. The van der Waals surface area contributed by atoms with Crippen molar-refractivity contribution in [2.24, 2.45) is 0 Å². The Labute approximate surface area is 162 Å². The van der Waals surface area contributed by atoms with E-state index < -0.39 is 0 Å². The van der Waals surface area contributed by atoms with Crippen LogP contribution in [0.5, 0.6) is 11.5 Å². The highest BCUT2D eigenvalue weighted by Gasteiger charge is 2.29. The summed E-state index contributed by atoms with van der Waals surface area (Å²) in [6.45, 7) is 4.17. The smallest absolute Gasteiger partial charge is 0.160 e. The first kappa shape index (κ1) is 19.7. The van der Waals surface area contributed by atoms with Crippen molar-refractivity contribution in [3.05, 3.63) is 59.2 Å². The predicted molar refractivity (Wildman–Crippen MR) is 111 cm³/mol. The van der Waals surface area contributed by atoms with E-state index in [0.29, 0.717) is 5.92 Å². The molecule has 1 atom stereocenters. The number of nitrogens with one attached hydrogen (secondary N) is 2. The Morgan fingerprint density at radius 1 is 0.815 bits per heavy atom. The molecule has 0 aromatic heterocycles. The summed E-state index contributed by atoms with van der Waals surface area (Å²) >= 11 is 0. The Balaban J connectivity index is 1.14. The Bertz CT molecular complexity index is 703. The number of benzene rings is 2. The molecule has 0 heterocycles. The number of unbranched alkanes of at least 4 members (excludes halogenated alkanes) is 3. The average molecular weight is 369 g/mol. The second kappa shape index (κ2) is 10.3. The van der Waals surface area contributed by atoms with Gasteiger partial charge in [0.2, 0.25) is 0 Å². The van der Waals surface area contributed by atoms with E-state index in [0.717, 1.165) is 44.6 Å². The average Bonchev–Trinajstić information content (AvgIpc) is 2.67. The maximum atomic E-state index is 9.78. The summed E-state index contributed by atoms with van der Waals surface area (Å²) in [5.74, 6) is 0.538. The maximum Gasteiger partial charge on any atom is 0.160 e. The number of hydrogen-bond donors (Lipinski definition) is 4. The molecule has 4 nitrogen and oxygen atoms in total. The van der Waals surface area contributed by atoms with Crippen LogP contribution in [0, 0.1) is 0 Å². The minimum Gasteiger partial charge on any atom is -0.504 e. The fourth-order valence-corrected chi connectivity index (χ4v) is 3.78. The van der Waals surface area contributed by atoms with Gasteiger partial charge in [0.15, 0.2) is 11.5 Å². The fraction of sp³-hybridized carbons (Fsp3) is 0.478. The lowest BCUT2D eigenvalue weighted by Gasteiger charge is -2.31. The van der Waals surface area contributed by atoms with Crippen molar-refractivity contribution >= 4 is 0 Å². The zero-order chi connectivity index (χ0) is 18.9. The summed E-state index contributed by atoms with van der Waals surface area (Å²) in [5.41, 5.74) is 3.50. The van der Waals surface area contributed by atoms with Crippen molar-refractivity contribution in [1.82, 2.24) is 10.6 Å². The van der Waals surface area contributed by atoms with Gasteiger partial charge < -0.3 is 20.8 Å². The number of fused-ring (bicyclic) bond motifs is 1. The summed E-state index contributed by atoms with van der Waals surface area (Å²) in [5, 5.41) is 26.3. The fourth-order valence-electron chi connectivity index (χ4n) is 3.78. The molecule has 0 radical (unpaired) electrons. The van der Waals surface area contributed by atoms with Crippen molar-refractivity contribution in [2.45, 2.75) is 44.4 Å². The lowest BCUT2D eigenvalue weighted by molar-refractivity contribution is 0.388. The van der Waals surface area contributed by atoms with Gasteiger partial charge in [0.25, 0.3) is 0 Å². The van der Waals surface area contributed by atoms with E-state index in [2.05, 4.69) is 41.0 Å². The predicted octanol–water partition coefficient (Wildman–Crippen LogP) is 3.72. The van der Waals surface area contributed by atoms with E-state index in [1.165, 1.54) is 36.8 Å². The number of phenols is 2. The third-order valence-corrected chi connectivity index (χ3v) is 5.47. The highest BCUT2D eigenvalue weighted by atomic mass is 16.3. The molecule has 2 aromatic rings. The molecule has 27 heavy (non-hydrogen) atoms. The van der Waals surface area contributed by atoms with E-state index in [4.69, 9.17) is 0 Å². The summed E-state index contributed by atoms with van der Waals surface area (Å²) < 4.78 is 0. The van der Waals surface area contributed by atoms with E-state index in [1.54, 1.807) is 6.07 Å². The summed E-state index contributed by atoms with van der Waals surface area (Å²) in [4.78, 5) is 0. The van der Waals surface area contributed by atoms with Gasteiger partial charge in [0, 0.05) is 18.0 Å². The van der Waals surface area contributed by atoms with Crippen molar-refractivity contribution in [3.63, 3.8) is 0 Å². The third kappa shape index (κ3) is 5.72. The van der Waals surface area contributed by atoms with Crippen LogP contribution in [0.2, 0.25) is 0 Å². The SMILES string of the molecule is Oc1ccc2c(c1O)CC2CNCCCCCCNCCc1ccccc1. The van der Waals surface area contributed by atoms with E-state index in [-0.39, 0.29) is 11.5 Å². The lowest BCUT2D eigenvalue weighted by Crippen LogP contribution is -2.29. The van der Waals surface area contributed by atoms with E-state index >= 15 is 0 Å². The largest absolute Gasteiger partial charge is 0.504 e. The molecule has 0 saturated heterocycles. The van der Waals surface area contributed by atoms with Gasteiger partial charge in [-0.25, -0.2) is 0 Å². The second-order valence-corrected chi connectivity index (χ2v) is 7.51. The number of hydrogen-bond acceptors (Lipinski definition) is 4. The van der Waals surface area contributed by atoms with Gasteiger partial charge in [0.1, 0.15) is 0 Å². The Morgan fingerprint density at radius 3 is 2.33 bits per heavy atom. The molecule has 0 bridgehead atoms. The van der Waals surface area contributed by atoms with Gasteiger partial charge in [-0.3, -0.25) is 0 Å². The molecule has 0 spiro atoms. The molecule has 3 rings (SSSR count). The summed E-state index contributed by atoms with van der Waals surface area (Å²) in [6.07, 6.45) is 6.96. The molecule has 2 aromatic carbocycles. The van der Waals surface area contributed by atoms with Crippen molar-refractivity contribution in [3.8, 4) is 11.5 Å². The molecule has 4 N–H and O–H groups in total. The molecule has 4 heteroatoms. The van der Waals surface area contributed by atoms with Gasteiger partial charge in [-0.1, -0.05) is 49.2 Å². The standard InChI is InChI=1S/C23H32N2O2/c26-22-11-10-20-19(16-21(20)23(22)27)17-25-14-7-2-1-6-13-24-15-12-18-8-4-3-5-9-18/h3-5,8-11,19,24-27H,1-2,6-7,12-17H2. The first-order valence-corrected chi connectivity index (χ1v) is 10.2. The highest BCUT2D eigenvalue weighted by molar-refractivity contribution is 5.55. The van der Waals surface area contributed by atoms with Crippen LogP contribution in [0.15, 0.2) is 42.5 Å². The maximum absolute atomic E-state index is 9.78. The molecule has 1 aliphatic carbocycles. The van der Waals surface area contributed by atoms with Crippen LogP contribution in [-0.4, -0.2) is 36.4 Å². The minimum atomic E-state index is -0.00489. The van der Waals surface area contributed by atoms with Crippen LogP contribution in [-0.2, 0) is 12.8 Å². The van der Waals surface area contributed by atoms with Crippen molar-refractivity contribution in [1.29, 1.82) is 0 Å². The summed E-state index contributed by atoms with van der Waals surface area (Å²) in [6, 6.07) is 14.2. The van der Waals surface area contributed by atoms with Gasteiger partial charge >= 0.3 is 0 Å². The molecule has 0 amide bonds. The first-order chi connectivity index (χ1) is 13.3. The van der Waals surface area contributed by atoms with Crippen LogP contribution in [0.1, 0.15) is 48.3 Å². The Kier molecular flexibility index (Phi) is 7.55. The quantitative estimate of drug-likeness (QED) is 0.341. The van der Waals surface area contributed by atoms with Gasteiger partial charge in [-0.15, -0.1) is 0 Å². The van der Waals surface area contributed by atoms with Crippen LogP contribution in [0.4, 0.5) is 0 Å². The van der Waals surface area contributed by atoms with Gasteiger partial charge in [-0.2, -0.15) is 0 Å². The highest BCUT2D eigenvalue weighted by Crippen LogP contribution is 2.44. The molecule has 0 saturated carbocycles. The molecule has 146 valence electrons. The molecule has 0 aliphatic heterocycles. The summed E-state index contributed by atoms with van der Waals surface area (Å²) in [7, 11) is 0. The van der Waals surface area contributed by atoms with Crippen LogP contribution >= 0.6 is 0 Å². The van der Waals surface area contributed by atoms with Crippen molar-refractivity contribution in [2.75, 3.05) is 26.2 Å². The number of phenolic OH excluding ortho intramolecular Hbond substituents is 2. The molecular formula is C23H32N2O2. The normalized spacial score (nSPS) is 15.3. The zero-order valence-electron chi connectivity index (χ0n) is 16.1. The van der Waals surface area contributed by atoms with Crippen LogP contribution < -0.4 is 10.6 Å². The Hall–Kier alpha value is -2.04. The molecule has 0 fully saturated rings. The third-order valence-electron chi connectivity index (χ3n) is 5.47. The molecular weight excluding hydrogens is 336 g/mol. The van der Waals surface area contributed by atoms with Crippen LogP contribution in [0.3, 0.4) is 0 Å². The minimum absolute atomic E-state index is 0.00489. The number of aromatic hydroxyl groups is 2. The molecule has 1 aliphatic rings. The van der Waals surface area contributed by atoms with Crippen LogP contribution in [0.25, 0.3) is 0 Å². The molecule has 1 unspecified atom stereocenters. The Morgan fingerprint density at radius 2 is 1.56 bits per heavy atom.